The number of aryl methyl sites for hydroxylation is 1. The minimum Gasteiger partial charge on any atom is -0.351 e. The fourth-order valence-electron chi connectivity index (χ4n) is 5.12. The first-order valence-corrected chi connectivity index (χ1v) is 12.8. The zero-order valence-corrected chi connectivity index (χ0v) is 21.6. The molecule has 2 amide bonds. The van der Waals surface area contributed by atoms with Crippen LogP contribution in [0.3, 0.4) is 0 Å². The standard InChI is InChI=1S/C27H28F5N5O3/c1-16-2-4-20(5-3-16)37(25(39)22-11-21(40-26(29)30)14-36(22)15-33)23(17-10-18(28)13-34-12-17)24(38)35-19-6-8-27(31,32)9-7-19/h2-5,10,12-13,19,21-23,26H,6-9,11,14H2,1H3,(H,35,38)/t21-,22+,23+/m0/s1. The van der Waals surface area contributed by atoms with Gasteiger partial charge in [0, 0.05) is 42.8 Å². The average Bonchev–Trinajstić information content (AvgIpc) is 3.31. The maximum atomic E-state index is 14.3. The zero-order chi connectivity index (χ0) is 29.0. The van der Waals surface area contributed by atoms with Gasteiger partial charge in [0.1, 0.15) is 17.9 Å². The molecule has 2 fully saturated rings. The van der Waals surface area contributed by atoms with E-state index in [1.165, 1.54) is 6.20 Å². The number of amides is 2. The topological polar surface area (TPSA) is 98.6 Å². The normalized spacial score (nSPS) is 21.6. The van der Waals surface area contributed by atoms with E-state index in [9.17, 15) is 36.8 Å². The van der Waals surface area contributed by atoms with Crippen LogP contribution < -0.4 is 10.2 Å². The Kier molecular flexibility index (Phi) is 8.88. The molecule has 2 aliphatic rings. The minimum atomic E-state index is -3.12. The van der Waals surface area contributed by atoms with Crippen LogP contribution in [0, 0.1) is 24.2 Å². The largest absolute Gasteiger partial charge is 0.351 e. The van der Waals surface area contributed by atoms with E-state index >= 15 is 0 Å². The monoisotopic (exact) mass is 565 g/mol. The lowest BCUT2D eigenvalue weighted by atomic mass is 9.91. The van der Waals surface area contributed by atoms with E-state index in [2.05, 4.69) is 15.0 Å². The Morgan fingerprint density at radius 1 is 1.20 bits per heavy atom. The van der Waals surface area contributed by atoms with Crippen molar-refractivity contribution in [2.45, 2.75) is 75.8 Å². The second-order valence-corrected chi connectivity index (χ2v) is 10.0. The van der Waals surface area contributed by atoms with Crippen LogP contribution in [0.1, 0.15) is 49.3 Å². The molecule has 13 heteroatoms. The molecule has 0 bridgehead atoms. The molecule has 1 aliphatic carbocycles. The van der Waals surface area contributed by atoms with Crippen LogP contribution in [0.5, 0.6) is 0 Å². The van der Waals surface area contributed by atoms with E-state index in [-0.39, 0.29) is 37.1 Å². The second kappa shape index (κ2) is 12.2. The molecule has 40 heavy (non-hydrogen) atoms. The Labute approximate surface area is 227 Å². The van der Waals surface area contributed by atoms with E-state index in [1.54, 1.807) is 31.2 Å². The van der Waals surface area contributed by atoms with Crippen molar-refractivity contribution in [3.05, 3.63) is 59.7 Å². The van der Waals surface area contributed by atoms with Gasteiger partial charge in [-0.2, -0.15) is 14.0 Å². The predicted molar refractivity (Wildman–Crippen MR) is 133 cm³/mol. The number of benzene rings is 1. The summed E-state index contributed by atoms with van der Waals surface area (Å²) in [6.45, 7) is -1.59. The molecule has 2 heterocycles. The van der Waals surface area contributed by atoms with E-state index in [1.807, 2.05) is 6.19 Å². The number of rotatable bonds is 8. The molecule has 4 rings (SSSR count). The Balaban J connectivity index is 1.74. The van der Waals surface area contributed by atoms with Crippen LogP contribution >= 0.6 is 0 Å². The molecule has 1 aliphatic heterocycles. The summed E-state index contributed by atoms with van der Waals surface area (Å²) in [7, 11) is 0. The van der Waals surface area contributed by atoms with E-state index < -0.39 is 67.2 Å². The van der Waals surface area contributed by atoms with Gasteiger partial charge in [-0.15, -0.1) is 0 Å². The molecule has 1 N–H and O–H groups in total. The lowest BCUT2D eigenvalue weighted by Gasteiger charge is -2.36. The van der Waals surface area contributed by atoms with Crippen molar-refractivity contribution in [2.24, 2.45) is 0 Å². The molecule has 1 aromatic heterocycles. The van der Waals surface area contributed by atoms with Gasteiger partial charge in [0.2, 0.25) is 11.8 Å². The molecule has 1 saturated heterocycles. The van der Waals surface area contributed by atoms with Gasteiger partial charge in [0.05, 0.1) is 18.8 Å². The fraction of sp³-hybridized carbons (Fsp3) is 0.481. The van der Waals surface area contributed by atoms with Gasteiger partial charge in [-0.25, -0.2) is 13.2 Å². The molecular formula is C27H28F5N5O3. The highest BCUT2D eigenvalue weighted by Gasteiger charge is 2.45. The van der Waals surface area contributed by atoms with Crippen molar-refractivity contribution in [1.82, 2.24) is 15.2 Å². The summed E-state index contributed by atoms with van der Waals surface area (Å²) in [6, 6.07) is 4.10. The number of hydrogen-bond acceptors (Lipinski definition) is 6. The molecule has 1 saturated carbocycles. The highest BCUT2D eigenvalue weighted by molar-refractivity contribution is 6.04. The van der Waals surface area contributed by atoms with Gasteiger partial charge in [-0.3, -0.25) is 24.4 Å². The smallest absolute Gasteiger partial charge is 0.345 e. The maximum absolute atomic E-state index is 14.3. The summed E-state index contributed by atoms with van der Waals surface area (Å²) in [5.74, 6) is -5.17. The van der Waals surface area contributed by atoms with Crippen molar-refractivity contribution in [3.8, 4) is 6.19 Å². The number of carbonyl (C=O) groups is 2. The molecule has 8 nitrogen and oxygen atoms in total. The number of likely N-dealkylation sites (tertiary alicyclic amines) is 1. The number of anilines is 1. The number of ether oxygens (including phenoxy) is 1. The summed E-state index contributed by atoms with van der Waals surface area (Å²) in [5.41, 5.74) is 1.04. The molecule has 214 valence electrons. The first kappa shape index (κ1) is 29.2. The number of aromatic nitrogens is 1. The average molecular weight is 566 g/mol. The Bertz CT molecular complexity index is 1250. The van der Waals surface area contributed by atoms with Crippen molar-refractivity contribution >= 4 is 17.5 Å². The molecule has 0 radical (unpaired) electrons. The predicted octanol–water partition coefficient (Wildman–Crippen LogP) is 4.46. The first-order valence-electron chi connectivity index (χ1n) is 12.8. The van der Waals surface area contributed by atoms with Crippen LogP contribution in [-0.2, 0) is 14.3 Å². The molecule has 0 spiro atoms. The summed E-state index contributed by atoms with van der Waals surface area (Å²) in [4.78, 5) is 33.8. The van der Waals surface area contributed by atoms with E-state index in [0.29, 0.717) is 0 Å². The van der Waals surface area contributed by atoms with Gasteiger partial charge in [0.15, 0.2) is 6.19 Å². The Hall–Kier alpha value is -3.79. The van der Waals surface area contributed by atoms with Crippen molar-refractivity contribution in [1.29, 1.82) is 5.26 Å². The number of pyridine rings is 1. The number of nitrogens with one attached hydrogen (secondary N) is 1. The molecule has 3 atom stereocenters. The second-order valence-electron chi connectivity index (χ2n) is 10.0. The number of nitrogens with zero attached hydrogens (tertiary/aromatic N) is 4. The van der Waals surface area contributed by atoms with Crippen LogP contribution in [0.25, 0.3) is 0 Å². The summed E-state index contributed by atoms with van der Waals surface area (Å²) in [5, 5.41) is 12.4. The van der Waals surface area contributed by atoms with Crippen LogP contribution in [0.4, 0.5) is 27.6 Å². The zero-order valence-electron chi connectivity index (χ0n) is 21.6. The lowest BCUT2D eigenvalue weighted by Crippen LogP contribution is -2.52. The Morgan fingerprint density at radius 2 is 1.88 bits per heavy atom. The fourth-order valence-corrected chi connectivity index (χ4v) is 5.12. The highest BCUT2D eigenvalue weighted by atomic mass is 19.3. The number of carbonyl (C=O) groups excluding carboxylic acids is 2. The maximum Gasteiger partial charge on any atom is 0.345 e. The van der Waals surface area contributed by atoms with Crippen LogP contribution in [0.15, 0.2) is 42.7 Å². The van der Waals surface area contributed by atoms with Gasteiger partial charge in [-0.05, 0) is 38.0 Å². The van der Waals surface area contributed by atoms with Gasteiger partial charge >= 0.3 is 6.61 Å². The highest BCUT2D eigenvalue weighted by Crippen LogP contribution is 2.35. The van der Waals surface area contributed by atoms with Crippen molar-refractivity contribution < 1.29 is 36.3 Å². The number of nitriles is 1. The third-order valence-corrected chi connectivity index (χ3v) is 7.13. The van der Waals surface area contributed by atoms with Crippen molar-refractivity contribution in [3.63, 3.8) is 0 Å². The van der Waals surface area contributed by atoms with Gasteiger partial charge in [-0.1, -0.05) is 17.7 Å². The molecule has 0 unspecified atom stereocenters. The number of alkyl halides is 4. The quantitative estimate of drug-likeness (QED) is 0.375. The number of hydrogen-bond donors (Lipinski definition) is 1. The minimum absolute atomic E-state index is 0.00280. The van der Waals surface area contributed by atoms with Crippen LogP contribution in [0.2, 0.25) is 0 Å². The van der Waals surface area contributed by atoms with Gasteiger partial charge in [0.25, 0.3) is 5.91 Å². The number of halogens is 5. The van der Waals surface area contributed by atoms with E-state index in [0.717, 1.165) is 27.6 Å². The third kappa shape index (κ3) is 6.85. The summed E-state index contributed by atoms with van der Waals surface area (Å²) < 4.78 is 72.1. The lowest BCUT2D eigenvalue weighted by molar-refractivity contribution is -0.158. The summed E-state index contributed by atoms with van der Waals surface area (Å²) >= 11 is 0. The first-order chi connectivity index (χ1) is 19.0. The SMILES string of the molecule is Cc1ccc(N(C(=O)[C@H]2C[C@H](OC(F)F)CN2C#N)[C@@H](C(=O)NC2CCC(F)(F)CC2)c2cncc(F)c2)cc1. The molecule has 2 aromatic rings. The van der Waals surface area contributed by atoms with Crippen molar-refractivity contribution in [2.75, 3.05) is 11.4 Å². The Morgan fingerprint density at radius 3 is 2.48 bits per heavy atom. The van der Waals surface area contributed by atoms with Crippen LogP contribution in [-0.4, -0.2) is 59.0 Å². The molecule has 1 aromatic carbocycles. The van der Waals surface area contributed by atoms with Gasteiger partial charge < -0.3 is 10.1 Å². The molecular weight excluding hydrogens is 537 g/mol. The summed E-state index contributed by atoms with van der Waals surface area (Å²) in [6.07, 6.45) is 1.72. The van der Waals surface area contributed by atoms with E-state index in [4.69, 9.17) is 0 Å². The third-order valence-electron chi connectivity index (χ3n) is 7.13.